The van der Waals surface area contributed by atoms with Crippen LogP contribution in [0.2, 0.25) is 0 Å². The second kappa shape index (κ2) is 8.58. The van der Waals surface area contributed by atoms with Gasteiger partial charge in [-0.3, -0.25) is 0 Å². The lowest BCUT2D eigenvalue weighted by Gasteiger charge is -2.33. The van der Waals surface area contributed by atoms with Gasteiger partial charge >= 0.3 is 0 Å². The van der Waals surface area contributed by atoms with Gasteiger partial charge in [0.25, 0.3) is 0 Å². The zero-order valence-corrected chi connectivity index (χ0v) is 23.9. The Morgan fingerprint density at radius 1 is 0.600 bits per heavy atom. The zero-order valence-electron chi connectivity index (χ0n) is 22.3. The molecule has 1 aromatic heterocycles. The molecule has 2 nitrogen and oxygen atoms in total. The van der Waals surface area contributed by atoms with E-state index in [1.807, 2.05) is 12.1 Å². The lowest BCUT2D eigenvalue weighted by molar-refractivity contribution is 0.660. The Morgan fingerprint density at radius 3 is 2.23 bits per heavy atom. The molecule has 0 atom stereocenters. The standard InChI is InChI=1S/C37H26BrNO/c1-37(2)31-15-7-5-13-27(31)30-20-24(38)21-33(36(30)37)39(32-16-9-11-23-10-3-4-12-26(23)32)25-18-19-35-29(22-25)28-14-6-8-17-34(28)40-35/h3-22H,1-2H3. The fourth-order valence-corrected chi connectivity index (χ4v) is 7.15. The third-order valence-corrected chi connectivity index (χ3v) is 8.92. The summed E-state index contributed by atoms with van der Waals surface area (Å²) in [5, 5.41) is 4.68. The maximum Gasteiger partial charge on any atom is 0.135 e. The Balaban J connectivity index is 1.48. The molecule has 0 unspecified atom stereocenters. The first-order chi connectivity index (χ1) is 19.5. The summed E-state index contributed by atoms with van der Waals surface area (Å²) in [6, 6.07) is 43.5. The van der Waals surface area contributed by atoms with E-state index in [9.17, 15) is 0 Å². The predicted molar refractivity (Wildman–Crippen MR) is 171 cm³/mol. The second-order valence-electron chi connectivity index (χ2n) is 11.1. The molecule has 40 heavy (non-hydrogen) atoms. The number of hydrogen-bond acceptors (Lipinski definition) is 2. The molecule has 1 aliphatic rings. The summed E-state index contributed by atoms with van der Waals surface area (Å²) in [5.74, 6) is 0. The maximum atomic E-state index is 6.21. The Hall–Kier alpha value is -4.34. The van der Waals surface area contributed by atoms with E-state index in [4.69, 9.17) is 4.42 Å². The molecule has 0 aliphatic heterocycles. The minimum Gasteiger partial charge on any atom is -0.456 e. The van der Waals surface area contributed by atoms with Crippen LogP contribution in [0, 0.1) is 0 Å². The molecule has 0 bridgehead atoms. The highest BCUT2D eigenvalue weighted by atomic mass is 79.9. The molecule has 1 aliphatic carbocycles. The van der Waals surface area contributed by atoms with E-state index >= 15 is 0 Å². The Kier molecular flexibility index (Phi) is 5.05. The van der Waals surface area contributed by atoms with Crippen LogP contribution in [0.15, 0.2) is 130 Å². The van der Waals surface area contributed by atoms with Crippen molar-refractivity contribution in [2.24, 2.45) is 0 Å². The second-order valence-corrected chi connectivity index (χ2v) is 12.0. The molecular weight excluding hydrogens is 554 g/mol. The van der Waals surface area contributed by atoms with Crippen LogP contribution in [0.3, 0.4) is 0 Å². The highest BCUT2D eigenvalue weighted by molar-refractivity contribution is 9.10. The minimum atomic E-state index is -0.169. The van der Waals surface area contributed by atoms with Crippen molar-refractivity contribution in [3.8, 4) is 11.1 Å². The summed E-state index contributed by atoms with van der Waals surface area (Å²) in [6.45, 7) is 4.70. The summed E-state index contributed by atoms with van der Waals surface area (Å²) in [4.78, 5) is 2.45. The molecule has 6 aromatic carbocycles. The summed E-state index contributed by atoms with van der Waals surface area (Å²) in [5.41, 5.74) is 10.3. The summed E-state index contributed by atoms with van der Waals surface area (Å²) in [6.07, 6.45) is 0. The van der Waals surface area contributed by atoms with E-state index < -0.39 is 0 Å². The minimum absolute atomic E-state index is 0.169. The predicted octanol–water partition coefficient (Wildman–Crippen LogP) is 11.3. The van der Waals surface area contributed by atoms with Crippen LogP contribution in [-0.4, -0.2) is 0 Å². The number of nitrogens with zero attached hydrogens (tertiary/aromatic N) is 1. The van der Waals surface area contributed by atoms with E-state index in [0.717, 1.165) is 37.8 Å². The highest BCUT2D eigenvalue weighted by Gasteiger charge is 2.39. The molecule has 0 fully saturated rings. The van der Waals surface area contributed by atoms with E-state index in [1.54, 1.807) is 0 Å². The van der Waals surface area contributed by atoms with Crippen LogP contribution in [-0.2, 0) is 5.41 Å². The first kappa shape index (κ1) is 23.5. The molecule has 0 saturated carbocycles. The van der Waals surface area contributed by atoms with Crippen LogP contribution in [0.5, 0.6) is 0 Å². The van der Waals surface area contributed by atoms with Gasteiger partial charge in [0.2, 0.25) is 0 Å². The van der Waals surface area contributed by atoms with Gasteiger partial charge in [-0.15, -0.1) is 0 Å². The molecule has 0 radical (unpaired) electrons. The van der Waals surface area contributed by atoms with Crippen molar-refractivity contribution in [3.05, 3.63) is 137 Å². The van der Waals surface area contributed by atoms with E-state index in [0.29, 0.717) is 0 Å². The van der Waals surface area contributed by atoms with Crippen molar-refractivity contribution in [3.63, 3.8) is 0 Å². The first-order valence-corrected chi connectivity index (χ1v) is 14.4. The molecule has 0 saturated heterocycles. The zero-order chi connectivity index (χ0) is 27.0. The third-order valence-electron chi connectivity index (χ3n) is 8.46. The number of hydrogen-bond donors (Lipinski definition) is 0. The summed E-state index contributed by atoms with van der Waals surface area (Å²) >= 11 is 3.89. The summed E-state index contributed by atoms with van der Waals surface area (Å²) in [7, 11) is 0. The molecule has 1 heterocycles. The topological polar surface area (TPSA) is 16.4 Å². The van der Waals surface area contributed by atoms with Gasteiger partial charge in [0.05, 0.1) is 11.4 Å². The third kappa shape index (κ3) is 3.34. The lowest BCUT2D eigenvalue weighted by atomic mass is 9.81. The van der Waals surface area contributed by atoms with Crippen LogP contribution in [0.1, 0.15) is 25.0 Å². The fourth-order valence-electron chi connectivity index (χ4n) is 6.70. The SMILES string of the molecule is CC1(C)c2ccccc2-c2cc(Br)cc(N(c3ccc4oc5ccccc5c4c3)c3cccc4ccccc34)c21. The van der Waals surface area contributed by atoms with E-state index in [-0.39, 0.29) is 5.41 Å². The maximum absolute atomic E-state index is 6.21. The van der Waals surface area contributed by atoms with Crippen molar-refractivity contribution >= 4 is 65.7 Å². The average molecular weight is 581 g/mol. The molecular formula is C37H26BrNO. The van der Waals surface area contributed by atoms with Gasteiger partial charge in [-0.2, -0.15) is 0 Å². The van der Waals surface area contributed by atoms with Gasteiger partial charge in [-0.05, 0) is 70.1 Å². The molecule has 0 N–H and O–H groups in total. The molecule has 0 amide bonds. The van der Waals surface area contributed by atoms with Gasteiger partial charge < -0.3 is 9.32 Å². The van der Waals surface area contributed by atoms with Crippen molar-refractivity contribution < 1.29 is 4.42 Å². The van der Waals surface area contributed by atoms with Crippen LogP contribution >= 0.6 is 15.9 Å². The average Bonchev–Trinajstić information content (AvgIpc) is 3.45. The van der Waals surface area contributed by atoms with Gasteiger partial charge in [0.15, 0.2) is 0 Å². The molecule has 3 heteroatoms. The lowest BCUT2D eigenvalue weighted by Crippen LogP contribution is -2.21. The monoisotopic (exact) mass is 579 g/mol. The van der Waals surface area contributed by atoms with Crippen molar-refractivity contribution in [2.75, 3.05) is 4.90 Å². The largest absolute Gasteiger partial charge is 0.456 e. The van der Waals surface area contributed by atoms with Crippen LogP contribution in [0.25, 0.3) is 43.8 Å². The number of furan rings is 1. The molecule has 192 valence electrons. The number of para-hydroxylation sites is 1. The number of rotatable bonds is 3. The van der Waals surface area contributed by atoms with Crippen LogP contribution in [0.4, 0.5) is 17.1 Å². The van der Waals surface area contributed by atoms with E-state index in [1.165, 1.54) is 38.7 Å². The summed E-state index contributed by atoms with van der Waals surface area (Å²) < 4.78 is 7.28. The van der Waals surface area contributed by atoms with Crippen molar-refractivity contribution in [2.45, 2.75) is 19.3 Å². The Labute approximate surface area is 241 Å². The molecule has 8 rings (SSSR count). The number of benzene rings is 6. The number of anilines is 3. The quantitative estimate of drug-likeness (QED) is 0.207. The smallest absolute Gasteiger partial charge is 0.135 e. The van der Waals surface area contributed by atoms with Gasteiger partial charge in [0, 0.05) is 31.7 Å². The Bertz CT molecular complexity index is 2110. The highest BCUT2D eigenvalue weighted by Crippen LogP contribution is 2.55. The number of fused-ring (bicyclic) bond motifs is 7. The van der Waals surface area contributed by atoms with Crippen LogP contribution < -0.4 is 4.90 Å². The van der Waals surface area contributed by atoms with Gasteiger partial charge in [-0.1, -0.05) is 109 Å². The van der Waals surface area contributed by atoms with Gasteiger partial charge in [0.1, 0.15) is 11.2 Å². The number of halogens is 1. The normalized spacial score (nSPS) is 13.6. The van der Waals surface area contributed by atoms with Crippen molar-refractivity contribution in [1.29, 1.82) is 0 Å². The first-order valence-electron chi connectivity index (χ1n) is 13.6. The van der Waals surface area contributed by atoms with Crippen molar-refractivity contribution in [1.82, 2.24) is 0 Å². The molecule has 7 aromatic rings. The Morgan fingerprint density at radius 2 is 1.32 bits per heavy atom. The molecule has 0 spiro atoms. The van der Waals surface area contributed by atoms with Gasteiger partial charge in [-0.25, -0.2) is 0 Å². The fraction of sp³-hybridized carbons (Fsp3) is 0.0811. The van der Waals surface area contributed by atoms with E-state index in [2.05, 4.69) is 144 Å².